The minimum absolute atomic E-state index is 0.0411. The summed E-state index contributed by atoms with van der Waals surface area (Å²) in [5, 5.41) is 17.4. The predicted octanol–water partition coefficient (Wildman–Crippen LogP) is 3.41. The van der Waals surface area contributed by atoms with Gasteiger partial charge in [-0.3, -0.25) is 24.3 Å². The zero-order chi connectivity index (χ0) is 34.6. The number of ether oxygens (including phenoxy) is 1. The van der Waals surface area contributed by atoms with E-state index in [0.717, 1.165) is 21.2 Å². The predicted molar refractivity (Wildman–Crippen MR) is 176 cm³/mol. The molecule has 3 rings (SSSR count). The number of hydrogen-bond acceptors (Lipinski definition) is 7. The molecule has 1 fully saturated rings. The smallest absolute Gasteiger partial charge is 0.410 e. The van der Waals surface area contributed by atoms with Crippen molar-refractivity contribution in [2.24, 2.45) is 10.4 Å². The molecule has 1 saturated heterocycles. The number of fused-ring (bicyclic) bond motifs is 1. The zero-order valence-electron chi connectivity index (χ0n) is 28.0. The molecule has 2 aromatic carbocycles. The summed E-state index contributed by atoms with van der Waals surface area (Å²) in [7, 11) is 1.43. The largest absolute Gasteiger partial charge is 0.480 e. The number of benzene rings is 2. The number of carboxylic acids is 1. The topological polar surface area (TPSA) is 158 Å². The summed E-state index contributed by atoms with van der Waals surface area (Å²) in [5.74, 6) is -2.95. The number of aliphatic carboxylic acids is 1. The fourth-order valence-electron chi connectivity index (χ4n) is 5.25. The highest BCUT2D eigenvalue weighted by Gasteiger charge is 2.46. The molecule has 0 saturated carbocycles. The van der Waals surface area contributed by atoms with E-state index in [4.69, 9.17) is 4.74 Å². The number of aliphatic imine (C=N–C) groups is 1. The fourth-order valence-corrected chi connectivity index (χ4v) is 5.25. The van der Waals surface area contributed by atoms with Crippen molar-refractivity contribution >= 4 is 47.3 Å². The van der Waals surface area contributed by atoms with Gasteiger partial charge in [-0.1, -0.05) is 63.2 Å². The van der Waals surface area contributed by atoms with E-state index in [1.54, 1.807) is 41.5 Å². The number of likely N-dealkylation sites (tertiary alicyclic amines) is 1. The van der Waals surface area contributed by atoms with E-state index in [1.807, 2.05) is 42.5 Å². The maximum atomic E-state index is 14.1. The first kappa shape index (κ1) is 36.0. The van der Waals surface area contributed by atoms with E-state index < -0.39 is 71.0 Å². The van der Waals surface area contributed by atoms with Gasteiger partial charge >= 0.3 is 12.1 Å². The Balaban J connectivity index is 1.80. The third kappa shape index (κ3) is 9.04. The van der Waals surface area contributed by atoms with E-state index in [2.05, 4.69) is 22.3 Å². The van der Waals surface area contributed by atoms with Crippen LogP contribution >= 0.6 is 0 Å². The Morgan fingerprint density at radius 3 is 2.24 bits per heavy atom. The fraction of sp³-hybridized carbons (Fsp3) is 0.529. The SMILES string of the molecule is C=N[C@H]1C[C@@H](C(=O)N[C@@H](Cc2ccc3ccccc3c2)C(=O)O)N(C(=O)[C@@H](NC(=O)[C@H](C)N(C)C(=O)OC(C)(C)C)C(C)(C)C)C1. The maximum Gasteiger partial charge on any atom is 0.410 e. The van der Waals surface area contributed by atoms with Crippen molar-refractivity contribution in [1.82, 2.24) is 20.4 Å². The molecule has 0 bridgehead atoms. The standard InChI is InChI=1S/C34H47N5O7/c1-20(38(9)32(45)46-34(5,6)7)28(40)37-27(33(2,3)4)30(42)39-19-24(35-8)18-26(39)29(41)36-25(31(43)44)17-21-14-15-22-12-10-11-13-23(22)16-21/h10-16,20,24-27H,8,17-19H2,1-7,9H3,(H,36,41)(H,37,40)(H,43,44)/t20-,24-,25-,26-,27+/m0/s1. The molecule has 250 valence electrons. The third-order valence-corrected chi connectivity index (χ3v) is 8.03. The highest BCUT2D eigenvalue weighted by molar-refractivity contribution is 5.95. The second-order valence-electron chi connectivity index (χ2n) is 13.9. The number of amides is 4. The summed E-state index contributed by atoms with van der Waals surface area (Å²) in [5.41, 5.74) is -0.823. The van der Waals surface area contributed by atoms with Crippen molar-refractivity contribution in [3.05, 3.63) is 48.0 Å². The average Bonchev–Trinajstić information content (AvgIpc) is 3.41. The zero-order valence-corrected chi connectivity index (χ0v) is 28.0. The molecule has 0 aromatic heterocycles. The van der Waals surface area contributed by atoms with Gasteiger partial charge in [-0.15, -0.1) is 0 Å². The first-order valence-corrected chi connectivity index (χ1v) is 15.4. The Morgan fingerprint density at radius 2 is 1.67 bits per heavy atom. The Morgan fingerprint density at radius 1 is 1.04 bits per heavy atom. The molecule has 2 aromatic rings. The molecule has 4 amide bonds. The average molecular weight is 638 g/mol. The second-order valence-corrected chi connectivity index (χ2v) is 13.9. The summed E-state index contributed by atoms with van der Waals surface area (Å²) >= 11 is 0. The molecule has 5 atom stereocenters. The van der Waals surface area contributed by atoms with Crippen molar-refractivity contribution < 1.29 is 33.8 Å². The van der Waals surface area contributed by atoms with Gasteiger partial charge in [-0.25, -0.2) is 9.59 Å². The van der Waals surface area contributed by atoms with E-state index >= 15 is 0 Å². The third-order valence-electron chi connectivity index (χ3n) is 8.03. The van der Waals surface area contributed by atoms with Crippen molar-refractivity contribution in [3.8, 4) is 0 Å². The lowest BCUT2D eigenvalue weighted by molar-refractivity contribution is -0.146. The summed E-state index contributed by atoms with van der Waals surface area (Å²) in [6, 6.07) is 8.51. The number of hydrogen-bond donors (Lipinski definition) is 3. The lowest BCUT2D eigenvalue weighted by Gasteiger charge is -2.36. The normalized spacial score (nSPS) is 18.7. The number of nitrogens with one attached hydrogen (secondary N) is 2. The van der Waals surface area contributed by atoms with Crippen LogP contribution < -0.4 is 10.6 Å². The molecular formula is C34H47N5O7. The first-order chi connectivity index (χ1) is 21.3. The molecule has 1 heterocycles. The van der Waals surface area contributed by atoms with Crippen molar-refractivity contribution in [1.29, 1.82) is 0 Å². The second kappa shape index (κ2) is 14.3. The van der Waals surface area contributed by atoms with Crippen molar-refractivity contribution in [2.75, 3.05) is 13.6 Å². The minimum Gasteiger partial charge on any atom is -0.480 e. The molecule has 0 radical (unpaired) electrons. The van der Waals surface area contributed by atoms with Crippen molar-refractivity contribution in [2.45, 2.75) is 97.1 Å². The van der Waals surface area contributed by atoms with Gasteiger partial charge in [0.15, 0.2) is 0 Å². The Kier molecular flexibility index (Phi) is 11.2. The maximum absolute atomic E-state index is 14.1. The van der Waals surface area contributed by atoms with Gasteiger partial charge in [-0.05, 0) is 56.2 Å². The van der Waals surface area contributed by atoms with Crippen LogP contribution in [0.15, 0.2) is 47.5 Å². The molecular weight excluding hydrogens is 590 g/mol. The van der Waals surface area contributed by atoms with Gasteiger partial charge < -0.3 is 25.4 Å². The number of carboxylic acid groups (broad SMARTS) is 1. The van der Waals surface area contributed by atoms with E-state index in [0.29, 0.717) is 0 Å². The quantitative estimate of drug-likeness (QED) is 0.337. The van der Waals surface area contributed by atoms with Crippen LogP contribution in [0.25, 0.3) is 10.8 Å². The summed E-state index contributed by atoms with van der Waals surface area (Å²) < 4.78 is 5.37. The van der Waals surface area contributed by atoms with Crippen LogP contribution in [0.1, 0.15) is 60.5 Å². The Hall–Kier alpha value is -4.48. The van der Waals surface area contributed by atoms with Crippen LogP contribution in [0, 0.1) is 5.41 Å². The van der Waals surface area contributed by atoms with Crippen LogP contribution in [0.5, 0.6) is 0 Å². The van der Waals surface area contributed by atoms with Crippen LogP contribution in [0.3, 0.4) is 0 Å². The van der Waals surface area contributed by atoms with Crippen LogP contribution in [-0.2, 0) is 30.3 Å². The van der Waals surface area contributed by atoms with Gasteiger partial charge in [0.05, 0.1) is 6.04 Å². The minimum atomic E-state index is -1.25. The van der Waals surface area contributed by atoms with E-state index in [1.165, 1.54) is 18.9 Å². The molecule has 12 nitrogen and oxygen atoms in total. The van der Waals surface area contributed by atoms with Gasteiger partial charge in [0.2, 0.25) is 17.7 Å². The molecule has 1 aliphatic heterocycles. The summed E-state index contributed by atoms with van der Waals surface area (Å²) in [6.45, 7) is 15.7. The first-order valence-electron chi connectivity index (χ1n) is 15.4. The van der Waals surface area contributed by atoms with E-state index in [-0.39, 0.29) is 19.4 Å². The molecule has 3 N–H and O–H groups in total. The summed E-state index contributed by atoms with van der Waals surface area (Å²) in [4.78, 5) is 72.5. The number of likely N-dealkylation sites (N-methyl/N-ethyl adjacent to an activating group) is 1. The molecule has 0 spiro atoms. The Bertz CT molecular complexity index is 1480. The molecule has 0 unspecified atom stereocenters. The van der Waals surface area contributed by atoms with Crippen LogP contribution in [0.4, 0.5) is 4.79 Å². The molecule has 46 heavy (non-hydrogen) atoms. The van der Waals surface area contributed by atoms with Crippen molar-refractivity contribution in [3.63, 3.8) is 0 Å². The number of nitrogens with zero attached hydrogens (tertiary/aromatic N) is 3. The van der Waals surface area contributed by atoms with Gasteiger partial charge in [0.1, 0.15) is 29.8 Å². The number of carbonyl (C=O) groups is 5. The van der Waals surface area contributed by atoms with Crippen LogP contribution in [0.2, 0.25) is 0 Å². The lowest BCUT2D eigenvalue weighted by Crippen LogP contribution is -2.60. The highest BCUT2D eigenvalue weighted by Crippen LogP contribution is 2.28. The Labute approximate surface area is 270 Å². The molecule has 0 aliphatic carbocycles. The highest BCUT2D eigenvalue weighted by atomic mass is 16.6. The monoisotopic (exact) mass is 637 g/mol. The van der Waals surface area contributed by atoms with E-state index in [9.17, 15) is 29.1 Å². The van der Waals surface area contributed by atoms with Gasteiger partial charge in [0, 0.05) is 26.4 Å². The van der Waals surface area contributed by atoms with Gasteiger partial charge in [0.25, 0.3) is 0 Å². The number of rotatable bonds is 10. The van der Waals surface area contributed by atoms with Crippen LogP contribution in [-0.4, -0.2) is 101 Å². The molecule has 12 heteroatoms. The molecule has 1 aliphatic rings. The van der Waals surface area contributed by atoms with Gasteiger partial charge in [-0.2, -0.15) is 0 Å². The lowest BCUT2D eigenvalue weighted by atomic mass is 9.85. The number of carbonyl (C=O) groups excluding carboxylic acids is 4. The summed E-state index contributed by atoms with van der Waals surface area (Å²) in [6.07, 6.45) is -0.507.